The van der Waals surface area contributed by atoms with Gasteiger partial charge in [-0.3, -0.25) is 19.5 Å². The van der Waals surface area contributed by atoms with Gasteiger partial charge in [0.25, 0.3) is 5.78 Å². The van der Waals surface area contributed by atoms with Crippen LogP contribution in [-0.4, -0.2) is 32.0 Å². The van der Waals surface area contributed by atoms with Crippen molar-refractivity contribution < 1.29 is 14.7 Å². The van der Waals surface area contributed by atoms with E-state index in [1.165, 1.54) is 40.4 Å². The van der Waals surface area contributed by atoms with Crippen molar-refractivity contribution in [3.05, 3.63) is 105 Å². The van der Waals surface area contributed by atoms with Gasteiger partial charge in [-0.25, -0.2) is 0 Å². The molecule has 2 aromatic heterocycles. The molecular weight excluding hydrogens is 584 g/mol. The standard InChI is InChI=1S/C25H16BrClN4O3S2/c26-17-7-5-14(6-8-17)20-19(21(32)15-9-11-28-12-10-15)22(33)23(34)31(20)24-29-30-25(36-24)35-13-16-3-1-2-4-18(16)27/h1-12,20,32H,13H2. The van der Waals surface area contributed by atoms with Gasteiger partial charge in [0, 0.05) is 33.2 Å². The minimum Gasteiger partial charge on any atom is -0.507 e. The minimum absolute atomic E-state index is 0.0195. The number of halogens is 2. The number of nitrogens with zero attached hydrogens (tertiary/aromatic N) is 4. The second kappa shape index (κ2) is 10.5. The Labute approximate surface area is 228 Å². The molecule has 0 bridgehead atoms. The summed E-state index contributed by atoms with van der Waals surface area (Å²) in [6, 6.07) is 17.0. The third-order valence-corrected chi connectivity index (χ3v) is 8.50. The van der Waals surface area contributed by atoms with E-state index < -0.39 is 17.7 Å². The van der Waals surface area contributed by atoms with Gasteiger partial charge in [0.1, 0.15) is 5.76 Å². The van der Waals surface area contributed by atoms with Crippen LogP contribution in [0.25, 0.3) is 5.76 Å². The highest BCUT2D eigenvalue weighted by atomic mass is 79.9. The molecule has 7 nitrogen and oxygen atoms in total. The van der Waals surface area contributed by atoms with E-state index in [9.17, 15) is 14.7 Å². The van der Waals surface area contributed by atoms with Crippen LogP contribution < -0.4 is 4.90 Å². The average molecular weight is 600 g/mol. The number of ketones is 1. The highest BCUT2D eigenvalue weighted by Gasteiger charge is 2.48. The van der Waals surface area contributed by atoms with Gasteiger partial charge in [0.05, 0.1) is 11.6 Å². The Bertz CT molecular complexity index is 1480. The fourth-order valence-electron chi connectivity index (χ4n) is 3.77. The van der Waals surface area contributed by atoms with Crippen LogP contribution in [0, 0.1) is 0 Å². The van der Waals surface area contributed by atoms with E-state index in [1.807, 2.05) is 36.4 Å². The normalized spacial score (nSPS) is 17.1. The molecule has 0 aliphatic carbocycles. The Morgan fingerprint density at radius 1 is 1.06 bits per heavy atom. The summed E-state index contributed by atoms with van der Waals surface area (Å²) in [4.78, 5) is 31.7. The lowest BCUT2D eigenvalue weighted by Crippen LogP contribution is -2.29. The summed E-state index contributed by atoms with van der Waals surface area (Å²) in [5.74, 6) is -1.27. The maximum atomic E-state index is 13.3. The van der Waals surface area contributed by atoms with Crippen molar-refractivity contribution in [2.45, 2.75) is 16.1 Å². The maximum absolute atomic E-state index is 13.3. The predicted octanol–water partition coefficient (Wildman–Crippen LogP) is 6.27. The smallest absolute Gasteiger partial charge is 0.301 e. The number of aromatic nitrogens is 3. The number of amides is 1. The van der Waals surface area contributed by atoms with Crippen LogP contribution in [0.5, 0.6) is 0 Å². The minimum atomic E-state index is -0.874. The van der Waals surface area contributed by atoms with Crippen molar-refractivity contribution in [2.75, 3.05) is 4.90 Å². The van der Waals surface area contributed by atoms with E-state index in [1.54, 1.807) is 24.3 Å². The molecule has 1 saturated heterocycles. The fraction of sp³-hybridized carbons (Fsp3) is 0.0800. The van der Waals surface area contributed by atoms with Crippen molar-refractivity contribution in [1.82, 2.24) is 15.2 Å². The molecule has 1 aliphatic heterocycles. The summed E-state index contributed by atoms with van der Waals surface area (Å²) in [5, 5.41) is 20.5. The first-order chi connectivity index (χ1) is 17.4. The predicted molar refractivity (Wildman–Crippen MR) is 144 cm³/mol. The van der Waals surface area contributed by atoms with Crippen molar-refractivity contribution in [3.8, 4) is 0 Å². The number of aliphatic hydroxyl groups is 1. The van der Waals surface area contributed by atoms with Crippen molar-refractivity contribution in [1.29, 1.82) is 0 Å². The second-order valence-electron chi connectivity index (χ2n) is 7.69. The van der Waals surface area contributed by atoms with Crippen molar-refractivity contribution >= 4 is 73.2 Å². The number of thioether (sulfide) groups is 1. The molecular formula is C25H16BrClN4O3S2. The van der Waals surface area contributed by atoms with Crippen LogP contribution in [0.4, 0.5) is 5.13 Å². The van der Waals surface area contributed by atoms with E-state index >= 15 is 0 Å². The van der Waals surface area contributed by atoms with Crippen molar-refractivity contribution in [2.24, 2.45) is 0 Å². The summed E-state index contributed by atoms with van der Waals surface area (Å²) < 4.78 is 1.46. The van der Waals surface area contributed by atoms with Gasteiger partial charge in [-0.1, -0.05) is 81.0 Å². The second-order valence-corrected chi connectivity index (χ2v) is 11.2. The number of anilines is 1. The molecule has 4 aromatic rings. The first-order valence-corrected chi connectivity index (χ1v) is 13.6. The number of rotatable bonds is 6. The zero-order chi connectivity index (χ0) is 25.2. The molecule has 5 rings (SSSR count). The molecule has 1 atom stereocenters. The number of carbonyl (C=O) groups excluding carboxylic acids is 2. The Kier molecular flexibility index (Phi) is 7.20. The summed E-state index contributed by atoms with van der Waals surface area (Å²) in [6.45, 7) is 0. The molecule has 3 heterocycles. The summed E-state index contributed by atoms with van der Waals surface area (Å²) in [6.07, 6.45) is 3.01. The molecule has 1 amide bonds. The van der Waals surface area contributed by atoms with E-state index in [0.717, 1.165) is 10.0 Å². The number of aliphatic hydroxyl groups excluding tert-OH is 1. The van der Waals surface area contributed by atoms with Gasteiger partial charge in [0.15, 0.2) is 4.34 Å². The van der Waals surface area contributed by atoms with Gasteiger partial charge in [0.2, 0.25) is 5.13 Å². The molecule has 0 radical (unpaired) electrons. The van der Waals surface area contributed by atoms with E-state index in [4.69, 9.17) is 11.6 Å². The van der Waals surface area contributed by atoms with E-state index in [2.05, 4.69) is 31.1 Å². The molecule has 1 fully saturated rings. The Morgan fingerprint density at radius 3 is 2.50 bits per heavy atom. The molecule has 180 valence electrons. The number of carbonyl (C=O) groups is 2. The molecule has 11 heteroatoms. The van der Waals surface area contributed by atoms with Crippen molar-refractivity contribution in [3.63, 3.8) is 0 Å². The lowest BCUT2D eigenvalue weighted by molar-refractivity contribution is -0.132. The first kappa shape index (κ1) is 24.6. The molecule has 0 saturated carbocycles. The Balaban J connectivity index is 1.54. The zero-order valence-corrected chi connectivity index (χ0v) is 22.3. The van der Waals surface area contributed by atoms with Crippen LogP contribution in [0.2, 0.25) is 5.02 Å². The number of pyridine rings is 1. The summed E-state index contributed by atoms with van der Waals surface area (Å²) in [7, 11) is 0. The molecule has 1 N–H and O–H groups in total. The van der Waals surface area contributed by atoms with Gasteiger partial charge >= 0.3 is 5.91 Å². The highest BCUT2D eigenvalue weighted by molar-refractivity contribution is 9.10. The Morgan fingerprint density at radius 2 is 1.78 bits per heavy atom. The SMILES string of the molecule is O=C1C(=O)N(c2nnc(SCc3ccccc3Cl)s2)C(c2ccc(Br)cc2)C1=C(O)c1ccncc1. The molecule has 1 aliphatic rings. The fourth-order valence-corrected chi connectivity index (χ4v) is 6.19. The largest absolute Gasteiger partial charge is 0.507 e. The van der Waals surface area contributed by atoms with Crippen LogP contribution in [-0.2, 0) is 15.3 Å². The summed E-state index contributed by atoms with van der Waals surface area (Å²) >= 11 is 12.3. The summed E-state index contributed by atoms with van der Waals surface area (Å²) in [5.41, 5.74) is 1.97. The quantitative estimate of drug-likeness (QED) is 0.0918. The third-order valence-electron chi connectivity index (χ3n) is 5.49. The van der Waals surface area contributed by atoms with Gasteiger partial charge < -0.3 is 5.11 Å². The Hall–Kier alpha value is -3.05. The van der Waals surface area contributed by atoms with Gasteiger partial charge in [-0.15, -0.1) is 10.2 Å². The third kappa shape index (κ3) is 4.81. The molecule has 0 spiro atoms. The number of benzene rings is 2. The number of hydrogen-bond acceptors (Lipinski definition) is 8. The maximum Gasteiger partial charge on any atom is 0.301 e. The van der Waals surface area contributed by atoms with Gasteiger partial charge in [-0.05, 0) is 41.5 Å². The lowest BCUT2D eigenvalue weighted by atomic mass is 9.96. The monoisotopic (exact) mass is 598 g/mol. The number of Topliss-reactive ketones (excluding diaryl/α,β-unsaturated/α-hetero) is 1. The van der Waals surface area contributed by atoms with Crippen LogP contribution >= 0.6 is 50.6 Å². The average Bonchev–Trinajstić information content (AvgIpc) is 3.46. The van der Waals surface area contributed by atoms with E-state index in [-0.39, 0.29) is 16.5 Å². The highest BCUT2D eigenvalue weighted by Crippen LogP contribution is 2.44. The van der Waals surface area contributed by atoms with Crippen LogP contribution in [0.15, 0.2) is 87.4 Å². The first-order valence-electron chi connectivity index (χ1n) is 10.6. The molecule has 36 heavy (non-hydrogen) atoms. The molecule has 1 unspecified atom stereocenters. The van der Waals surface area contributed by atoms with Gasteiger partial charge in [-0.2, -0.15) is 0 Å². The van der Waals surface area contributed by atoms with E-state index in [0.29, 0.717) is 26.2 Å². The lowest BCUT2D eigenvalue weighted by Gasteiger charge is -2.22. The topological polar surface area (TPSA) is 96.3 Å². The number of hydrogen-bond donors (Lipinski definition) is 1. The van der Waals surface area contributed by atoms with Crippen LogP contribution in [0.3, 0.4) is 0 Å². The zero-order valence-electron chi connectivity index (χ0n) is 18.3. The molecule has 2 aromatic carbocycles. The van der Waals surface area contributed by atoms with Crippen LogP contribution in [0.1, 0.15) is 22.7 Å².